The molecule has 0 bridgehead atoms. The van der Waals surface area contributed by atoms with Crippen LogP contribution < -0.4 is 5.32 Å². The van der Waals surface area contributed by atoms with E-state index in [9.17, 15) is 9.59 Å². The van der Waals surface area contributed by atoms with Crippen LogP contribution >= 0.6 is 34.7 Å². The van der Waals surface area contributed by atoms with Crippen LogP contribution in [-0.4, -0.2) is 44.4 Å². The molecule has 2 aromatic carbocycles. The molecule has 2 heterocycles. The van der Waals surface area contributed by atoms with Gasteiger partial charge in [-0.25, -0.2) is 4.79 Å². The highest BCUT2D eigenvalue weighted by atomic mass is 35.5. The fourth-order valence-corrected chi connectivity index (χ4v) is 5.25. The summed E-state index contributed by atoms with van der Waals surface area (Å²) in [5.74, 6) is -0.705. The van der Waals surface area contributed by atoms with E-state index in [-0.39, 0.29) is 18.3 Å². The summed E-state index contributed by atoms with van der Waals surface area (Å²) in [5.41, 5.74) is 2.83. The fraction of sp³-hybridized carbons (Fsp3) is 0.174. The number of rotatable bonds is 8. The van der Waals surface area contributed by atoms with Gasteiger partial charge in [0.15, 0.2) is 0 Å². The van der Waals surface area contributed by atoms with Crippen LogP contribution in [0.2, 0.25) is 5.02 Å². The predicted molar refractivity (Wildman–Crippen MR) is 134 cm³/mol. The smallest absolute Gasteiger partial charge is 0.341 e. The van der Waals surface area contributed by atoms with Crippen LogP contribution in [0, 0.1) is 6.92 Å². The minimum Gasteiger partial charge on any atom is -0.462 e. The van der Waals surface area contributed by atoms with Gasteiger partial charge in [-0.2, -0.15) is 4.68 Å². The molecule has 0 aliphatic carbocycles. The van der Waals surface area contributed by atoms with Gasteiger partial charge in [-0.15, -0.1) is 16.4 Å². The maximum atomic E-state index is 12.8. The fourth-order valence-electron chi connectivity index (χ4n) is 3.22. The molecule has 1 N–H and O–H groups in total. The number of benzene rings is 2. The van der Waals surface area contributed by atoms with Crippen LogP contribution in [-0.2, 0) is 9.53 Å². The van der Waals surface area contributed by atoms with Crippen molar-refractivity contribution in [2.45, 2.75) is 19.0 Å². The molecule has 2 aromatic heterocycles. The number of esters is 1. The molecule has 8 nitrogen and oxygen atoms in total. The molecule has 0 aliphatic heterocycles. The molecule has 0 fully saturated rings. The monoisotopic (exact) mass is 513 g/mol. The van der Waals surface area contributed by atoms with Crippen molar-refractivity contribution in [3.63, 3.8) is 0 Å². The zero-order valence-corrected chi connectivity index (χ0v) is 20.7. The average Bonchev–Trinajstić information content (AvgIpc) is 3.43. The maximum Gasteiger partial charge on any atom is 0.341 e. The zero-order valence-electron chi connectivity index (χ0n) is 18.3. The Morgan fingerprint density at radius 3 is 2.59 bits per heavy atom. The number of ether oxygens (including phenoxy) is 1. The second kappa shape index (κ2) is 10.8. The number of thioether (sulfide) groups is 1. The van der Waals surface area contributed by atoms with Crippen molar-refractivity contribution in [2.75, 3.05) is 17.7 Å². The molecule has 11 heteroatoms. The molecule has 174 valence electrons. The molecule has 4 aromatic rings. The molecule has 0 radical (unpaired) electrons. The van der Waals surface area contributed by atoms with E-state index in [1.54, 1.807) is 31.2 Å². The summed E-state index contributed by atoms with van der Waals surface area (Å²) in [6.07, 6.45) is 0. The topological polar surface area (TPSA) is 99.0 Å². The number of anilines is 1. The van der Waals surface area contributed by atoms with Crippen LogP contribution in [0.3, 0.4) is 0 Å². The van der Waals surface area contributed by atoms with Crippen LogP contribution in [0.15, 0.2) is 59.8 Å². The van der Waals surface area contributed by atoms with Crippen molar-refractivity contribution < 1.29 is 14.3 Å². The van der Waals surface area contributed by atoms with Crippen molar-refractivity contribution in [2.24, 2.45) is 0 Å². The second-order valence-electron chi connectivity index (χ2n) is 7.03. The van der Waals surface area contributed by atoms with Crippen molar-refractivity contribution in [1.29, 1.82) is 0 Å². The molecule has 0 saturated carbocycles. The van der Waals surface area contributed by atoms with Crippen molar-refractivity contribution in [1.82, 2.24) is 20.2 Å². The van der Waals surface area contributed by atoms with E-state index in [1.165, 1.54) is 27.8 Å². The molecule has 1 amide bonds. The Hall–Kier alpha value is -3.21. The molecule has 34 heavy (non-hydrogen) atoms. The largest absolute Gasteiger partial charge is 0.462 e. The lowest BCUT2D eigenvalue weighted by atomic mass is 10.1. The number of tetrazole rings is 1. The summed E-state index contributed by atoms with van der Waals surface area (Å²) in [4.78, 5) is 26.4. The number of aromatic nitrogens is 4. The van der Waals surface area contributed by atoms with Gasteiger partial charge in [0.1, 0.15) is 5.00 Å². The van der Waals surface area contributed by atoms with Gasteiger partial charge in [0.2, 0.25) is 11.1 Å². The quantitative estimate of drug-likeness (QED) is 0.253. The normalized spacial score (nSPS) is 10.8. The summed E-state index contributed by atoms with van der Waals surface area (Å²) in [7, 11) is 0. The number of amides is 1. The van der Waals surface area contributed by atoms with Gasteiger partial charge in [0.25, 0.3) is 0 Å². The van der Waals surface area contributed by atoms with Gasteiger partial charge >= 0.3 is 5.97 Å². The molecule has 0 atom stereocenters. The Balaban J connectivity index is 1.53. The lowest BCUT2D eigenvalue weighted by Crippen LogP contribution is -2.16. The summed E-state index contributed by atoms with van der Waals surface area (Å²) in [6.45, 7) is 3.85. The summed E-state index contributed by atoms with van der Waals surface area (Å²) < 4.78 is 6.77. The van der Waals surface area contributed by atoms with Crippen LogP contribution in [0.4, 0.5) is 5.00 Å². The molecular weight excluding hydrogens is 494 g/mol. The first kappa shape index (κ1) is 23.9. The SMILES string of the molecule is CCOC(=O)c1c(NC(=O)CSc2nnnn2-c2ccc(Cl)cc2)sc(-c2ccccc2)c1C. The van der Waals surface area contributed by atoms with Crippen molar-refractivity contribution in [3.8, 4) is 16.1 Å². The number of hydrogen-bond acceptors (Lipinski definition) is 8. The highest BCUT2D eigenvalue weighted by Gasteiger charge is 2.24. The average molecular weight is 514 g/mol. The molecule has 0 unspecified atom stereocenters. The van der Waals surface area contributed by atoms with Gasteiger partial charge in [-0.3, -0.25) is 4.79 Å². The van der Waals surface area contributed by atoms with Crippen LogP contribution in [0.25, 0.3) is 16.1 Å². The number of thiophene rings is 1. The first-order valence-electron chi connectivity index (χ1n) is 10.3. The van der Waals surface area contributed by atoms with Gasteiger partial charge in [-0.1, -0.05) is 53.7 Å². The van der Waals surface area contributed by atoms with E-state index < -0.39 is 5.97 Å². The van der Waals surface area contributed by atoms with Gasteiger partial charge < -0.3 is 10.1 Å². The van der Waals surface area contributed by atoms with E-state index in [0.717, 1.165) is 21.7 Å². The van der Waals surface area contributed by atoms with E-state index in [0.29, 0.717) is 20.7 Å². The summed E-state index contributed by atoms with van der Waals surface area (Å²) >= 11 is 8.48. The molecule has 4 rings (SSSR count). The minimum absolute atomic E-state index is 0.0495. The number of hydrogen-bond donors (Lipinski definition) is 1. The Morgan fingerprint density at radius 1 is 1.15 bits per heavy atom. The maximum absolute atomic E-state index is 12.8. The molecular formula is C23H20ClN5O3S2. The van der Waals surface area contributed by atoms with Gasteiger partial charge in [-0.05, 0) is 59.7 Å². The number of carbonyl (C=O) groups excluding carboxylic acids is 2. The first-order valence-corrected chi connectivity index (χ1v) is 12.5. The standard InChI is InChI=1S/C23H20ClN5O3S2/c1-3-32-22(31)19-14(2)20(15-7-5-4-6-8-15)34-21(19)25-18(30)13-33-23-26-27-28-29(23)17-11-9-16(24)10-12-17/h4-12H,3,13H2,1-2H3,(H,25,30). The Bertz CT molecular complexity index is 1310. The first-order chi connectivity index (χ1) is 16.5. The second-order valence-corrected chi connectivity index (χ2v) is 9.43. The Morgan fingerprint density at radius 2 is 1.88 bits per heavy atom. The lowest BCUT2D eigenvalue weighted by molar-refractivity contribution is -0.113. The summed E-state index contributed by atoms with van der Waals surface area (Å²) in [5, 5.41) is 16.1. The highest BCUT2D eigenvalue weighted by Crippen LogP contribution is 2.40. The Labute approximate surface area is 209 Å². The third-order valence-corrected chi connectivity index (χ3v) is 7.19. The molecule has 0 saturated heterocycles. The van der Waals surface area contributed by atoms with E-state index in [4.69, 9.17) is 16.3 Å². The van der Waals surface area contributed by atoms with Crippen LogP contribution in [0.1, 0.15) is 22.8 Å². The van der Waals surface area contributed by atoms with Gasteiger partial charge in [0.05, 0.1) is 23.6 Å². The minimum atomic E-state index is -0.465. The lowest BCUT2D eigenvalue weighted by Gasteiger charge is -2.07. The number of nitrogens with one attached hydrogen (secondary N) is 1. The third-order valence-electron chi connectivity index (χ3n) is 4.76. The van der Waals surface area contributed by atoms with E-state index >= 15 is 0 Å². The molecule has 0 aliphatic rings. The number of halogens is 1. The third kappa shape index (κ3) is 5.30. The Kier molecular flexibility index (Phi) is 7.61. The van der Waals surface area contributed by atoms with Crippen LogP contribution in [0.5, 0.6) is 0 Å². The van der Waals surface area contributed by atoms with E-state index in [2.05, 4.69) is 20.8 Å². The zero-order chi connectivity index (χ0) is 24.1. The molecule has 0 spiro atoms. The van der Waals surface area contributed by atoms with Gasteiger partial charge in [0, 0.05) is 9.90 Å². The van der Waals surface area contributed by atoms with Crippen molar-refractivity contribution >= 4 is 51.6 Å². The predicted octanol–water partition coefficient (Wildman–Crippen LogP) is 5.26. The highest BCUT2D eigenvalue weighted by molar-refractivity contribution is 7.99. The van der Waals surface area contributed by atoms with E-state index in [1.807, 2.05) is 37.3 Å². The van der Waals surface area contributed by atoms with Crippen molar-refractivity contribution in [3.05, 3.63) is 70.7 Å². The number of nitrogens with zero attached hydrogens (tertiary/aromatic N) is 4. The number of carbonyl (C=O) groups is 2. The summed E-state index contributed by atoms with van der Waals surface area (Å²) in [6, 6.07) is 16.8.